The van der Waals surface area contributed by atoms with Gasteiger partial charge in [-0.3, -0.25) is 0 Å². The molecule has 10 nitrogen and oxygen atoms in total. The topological polar surface area (TPSA) is 118 Å². The fourth-order valence-corrected chi connectivity index (χ4v) is 2.76. The highest BCUT2D eigenvalue weighted by Gasteiger charge is 2.17. The number of aliphatic hydroxyl groups is 2. The molecule has 0 saturated carbocycles. The van der Waals surface area contributed by atoms with Gasteiger partial charge in [-0.25, -0.2) is 9.59 Å². The summed E-state index contributed by atoms with van der Waals surface area (Å²) in [6, 6.07) is 0. The molecule has 1 rings (SSSR count). The first-order valence-corrected chi connectivity index (χ1v) is 13.2. The number of nitrogens with zero attached hydrogens (tertiary/aromatic N) is 2. The Morgan fingerprint density at radius 2 is 1.64 bits per heavy atom. The number of likely N-dealkylation sites (N-methyl/N-ethyl adjacent to an activating group) is 1. The van der Waals surface area contributed by atoms with E-state index in [1.54, 1.807) is 20.8 Å². The quantitative estimate of drug-likeness (QED) is 0.157. The predicted molar refractivity (Wildman–Crippen MR) is 154 cm³/mol. The monoisotopic (exact) mass is 556 g/mol. The summed E-state index contributed by atoms with van der Waals surface area (Å²) >= 11 is 0. The van der Waals surface area contributed by atoms with Crippen molar-refractivity contribution in [1.82, 2.24) is 9.80 Å². The van der Waals surface area contributed by atoms with Gasteiger partial charge < -0.3 is 39.0 Å². The van der Waals surface area contributed by atoms with Crippen LogP contribution in [0.1, 0.15) is 40.0 Å². The highest BCUT2D eigenvalue weighted by molar-refractivity contribution is 5.87. The van der Waals surface area contributed by atoms with E-state index in [1.165, 1.54) is 32.0 Å². The molecule has 3 unspecified atom stereocenters. The Bertz CT molecular complexity index is 718. The van der Waals surface area contributed by atoms with Crippen LogP contribution in [-0.4, -0.2) is 117 Å². The Labute approximate surface area is 235 Å². The lowest BCUT2D eigenvalue weighted by Gasteiger charge is -2.20. The summed E-state index contributed by atoms with van der Waals surface area (Å²) in [7, 11) is 3.85. The van der Waals surface area contributed by atoms with Gasteiger partial charge in [-0.15, -0.1) is 0 Å². The number of likely N-dealkylation sites (tertiary alicyclic amines) is 1. The van der Waals surface area contributed by atoms with Crippen molar-refractivity contribution in [3.63, 3.8) is 0 Å². The molecule has 39 heavy (non-hydrogen) atoms. The van der Waals surface area contributed by atoms with E-state index < -0.39 is 18.2 Å². The number of ether oxygens (including phenoxy) is 4. The van der Waals surface area contributed by atoms with Crippen LogP contribution in [0.25, 0.3) is 0 Å². The van der Waals surface area contributed by atoms with E-state index in [9.17, 15) is 14.7 Å². The minimum Gasteiger partial charge on any atom is -0.461 e. The van der Waals surface area contributed by atoms with E-state index in [0.29, 0.717) is 12.2 Å². The van der Waals surface area contributed by atoms with Crippen molar-refractivity contribution >= 4 is 11.9 Å². The second-order valence-corrected chi connectivity index (χ2v) is 9.47. The van der Waals surface area contributed by atoms with Crippen molar-refractivity contribution in [2.75, 3.05) is 66.8 Å². The average Bonchev–Trinajstić information content (AvgIpc) is 3.42. The molecule has 0 radical (unpaired) electrons. The molecule has 1 aliphatic rings. The van der Waals surface area contributed by atoms with Crippen LogP contribution in [-0.2, 0) is 28.5 Å². The van der Waals surface area contributed by atoms with Crippen molar-refractivity contribution in [2.24, 2.45) is 0 Å². The van der Waals surface area contributed by atoms with Gasteiger partial charge in [0.25, 0.3) is 0 Å². The van der Waals surface area contributed by atoms with Crippen LogP contribution in [0.15, 0.2) is 49.7 Å². The number of esters is 2. The highest BCUT2D eigenvalue weighted by atomic mass is 16.5. The van der Waals surface area contributed by atoms with Gasteiger partial charge in [0.1, 0.15) is 13.2 Å². The van der Waals surface area contributed by atoms with Crippen molar-refractivity contribution in [2.45, 2.75) is 58.3 Å². The predicted octanol–water partition coefficient (Wildman–Crippen LogP) is 2.72. The number of carbonyl (C=O) groups is 2. The van der Waals surface area contributed by atoms with Crippen molar-refractivity contribution in [1.29, 1.82) is 0 Å². The molecule has 0 bridgehead atoms. The second-order valence-electron chi connectivity index (χ2n) is 9.47. The van der Waals surface area contributed by atoms with Gasteiger partial charge in [0, 0.05) is 37.2 Å². The highest BCUT2D eigenvalue weighted by Crippen LogP contribution is 2.10. The molecular weight excluding hydrogens is 504 g/mol. The number of carbonyl (C=O) groups excluding carboxylic acids is 2. The van der Waals surface area contributed by atoms with Gasteiger partial charge in [0.15, 0.2) is 0 Å². The van der Waals surface area contributed by atoms with E-state index in [0.717, 1.165) is 6.54 Å². The van der Waals surface area contributed by atoms with Gasteiger partial charge in [-0.05, 0) is 53.9 Å². The first-order chi connectivity index (χ1) is 18.4. The van der Waals surface area contributed by atoms with Gasteiger partial charge in [0.2, 0.25) is 0 Å². The zero-order valence-electron chi connectivity index (χ0n) is 24.7. The Kier molecular flexibility index (Phi) is 24.3. The number of aliphatic hydroxyl groups excluding tert-OH is 2. The average molecular weight is 557 g/mol. The fraction of sp³-hybridized carbons (Fsp3) is 0.655. The third-order valence-electron chi connectivity index (χ3n) is 5.01. The Morgan fingerprint density at radius 1 is 1.03 bits per heavy atom. The molecular formula is C29H52N2O8. The summed E-state index contributed by atoms with van der Waals surface area (Å²) in [5.74, 6) is -0.845. The summed E-state index contributed by atoms with van der Waals surface area (Å²) in [4.78, 5) is 26.5. The molecule has 0 aliphatic carbocycles. The summed E-state index contributed by atoms with van der Waals surface area (Å²) in [6.45, 7) is 23.2. The van der Waals surface area contributed by atoms with E-state index >= 15 is 0 Å². The number of hydrogen-bond donors (Lipinski definition) is 2. The summed E-state index contributed by atoms with van der Waals surface area (Å²) in [5.41, 5.74) is 0.678. The largest absolute Gasteiger partial charge is 0.461 e. The van der Waals surface area contributed by atoms with E-state index in [1.807, 2.05) is 25.2 Å². The maximum atomic E-state index is 11.5. The summed E-state index contributed by atoms with van der Waals surface area (Å²) in [6.07, 6.45) is 4.95. The molecule has 0 spiro atoms. The van der Waals surface area contributed by atoms with Crippen LogP contribution in [0.4, 0.5) is 0 Å². The Morgan fingerprint density at radius 3 is 2.08 bits per heavy atom. The zero-order chi connectivity index (χ0) is 30.2. The molecule has 1 fully saturated rings. The number of hydrogen-bond acceptors (Lipinski definition) is 10. The molecule has 0 aromatic heterocycles. The van der Waals surface area contributed by atoms with Gasteiger partial charge in [0.05, 0.1) is 38.1 Å². The first-order valence-electron chi connectivity index (χ1n) is 13.2. The van der Waals surface area contributed by atoms with Crippen LogP contribution < -0.4 is 0 Å². The first kappa shape index (κ1) is 38.6. The van der Waals surface area contributed by atoms with Crippen molar-refractivity contribution in [3.05, 3.63) is 49.7 Å². The molecule has 2 N–H and O–H groups in total. The number of rotatable bonds is 17. The van der Waals surface area contributed by atoms with Gasteiger partial charge in [-0.2, -0.15) is 0 Å². The molecule has 1 saturated heterocycles. The summed E-state index contributed by atoms with van der Waals surface area (Å²) in [5, 5.41) is 18.3. The lowest BCUT2D eigenvalue weighted by Crippen LogP contribution is -2.27. The van der Waals surface area contributed by atoms with E-state index in [2.05, 4.69) is 31.2 Å². The van der Waals surface area contributed by atoms with Crippen LogP contribution in [0, 0.1) is 0 Å². The van der Waals surface area contributed by atoms with Crippen LogP contribution >= 0.6 is 0 Å². The van der Waals surface area contributed by atoms with Crippen LogP contribution in [0.3, 0.4) is 0 Å². The van der Waals surface area contributed by atoms with Crippen LogP contribution in [0.5, 0.6) is 0 Å². The maximum Gasteiger partial charge on any atom is 0.333 e. The molecule has 0 aromatic rings. The van der Waals surface area contributed by atoms with Crippen LogP contribution in [0.2, 0.25) is 0 Å². The molecule has 226 valence electrons. The second kappa shape index (κ2) is 24.5. The standard InChI is InChI=1S/C15H26O6.C8H15NO2.C6H11N/c1-5-6-19-15(18)11(2)7-14(8-16)21-10-13(4)20-9-12(3)17;1-7(2)8(10)11-6-5-9(3)4;1-2-7-5-3-4-6-7/h5,12-14,16-17H,1-2,6-10H2,3-4H3;1,5-6H2,2-4H3;2H,1,3-6H2. The smallest absolute Gasteiger partial charge is 0.333 e. The van der Waals surface area contributed by atoms with E-state index in [4.69, 9.17) is 24.1 Å². The molecule has 10 heteroatoms. The molecule has 0 aromatic carbocycles. The Hall–Kier alpha value is -2.50. The molecule has 1 aliphatic heterocycles. The van der Waals surface area contributed by atoms with Crippen molar-refractivity contribution in [3.8, 4) is 0 Å². The third kappa shape index (κ3) is 24.3. The van der Waals surface area contributed by atoms with E-state index in [-0.39, 0.29) is 50.5 Å². The third-order valence-corrected chi connectivity index (χ3v) is 5.01. The molecule has 1 heterocycles. The lowest BCUT2D eigenvalue weighted by molar-refractivity contribution is -0.139. The minimum atomic E-state index is -0.550. The maximum absolute atomic E-state index is 11.5. The fourth-order valence-electron chi connectivity index (χ4n) is 2.76. The SMILES string of the molecule is C=C(C)C(=O)OCCN(C)C.C=CCOC(=O)C(=C)CC(CO)OCC(C)OCC(C)O.C=CN1CCCC1. The Balaban J connectivity index is 0. The molecule has 3 atom stereocenters. The van der Waals surface area contributed by atoms with Gasteiger partial charge in [-0.1, -0.05) is 32.4 Å². The normalized spacial score (nSPS) is 14.5. The van der Waals surface area contributed by atoms with Crippen molar-refractivity contribution < 1.29 is 38.7 Å². The zero-order valence-corrected chi connectivity index (χ0v) is 24.7. The lowest BCUT2D eigenvalue weighted by atomic mass is 10.1. The summed E-state index contributed by atoms with van der Waals surface area (Å²) < 4.78 is 20.5. The van der Waals surface area contributed by atoms with Gasteiger partial charge >= 0.3 is 11.9 Å². The molecule has 0 amide bonds. The minimum absolute atomic E-state index is 0.118.